The lowest BCUT2D eigenvalue weighted by molar-refractivity contribution is 0.350. The quantitative estimate of drug-likeness (QED) is 0.706. The Hall–Kier alpha value is -1.60. The first-order chi connectivity index (χ1) is 10.9. The number of epoxide rings is 1. The molecule has 4 rings (SSSR count). The van der Waals surface area contributed by atoms with Gasteiger partial charge >= 0.3 is 0 Å². The van der Waals surface area contributed by atoms with Gasteiger partial charge in [-0.15, -0.1) is 0 Å². The van der Waals surface area contributed by atoms with Crippen LogP contribution in [-0.2, 0) is 4.74 Å². The van der Waals surface area contributed by atoms with Crippen LogP contribution in [0, 0.1) is 11.8 Å². The van der Waals surface area contributed by atoms with Gasteiger partial charge in [0.25, 0.3) is 0 Å². The van der Waals surface area contributed by atoms with E-state index in [1.54, 1.807) is 0 Å². The molecule has 1 saturated heterocycles. The largest absolute Gasteiger partial charge is 0.370 e. The Morgan fingerprint density at radius 3 is 2.05 bits per heavy atom. The summed E-state index contributed by atoms with van der Waals surface area (Å²) in [5.74, 6) is 2.33. The van der Waals surface area contributed by atoms with Crippen LogP contribution >= 0.6 is 0 Å². The van der Waals surface area contributed by atoms with Crippen molar-refractivity contribution in [1.82, 2.24) is 0 Å². The van der Waals surface area contributed by atoms with E-state index in [-0.39, 0.29) is 0 Å². The van der Waals surface area contributed by atoms with Crippen molar-refractivity contribution >= 4 is 0 Å². The Balaban J connectivity index is 1.48. The fourth-order valence-electron chi connectivity index (χ4n) is 3.83. The summed E-state index contributed by atoms with van der Waals surface area (Å²) in [5.41, 5.74) is 2.73. The maximum absolute atomic E-state index is 5.68. The van der Waals surface area contributed by atoms with Gasteiger partial charge in [0.05, 0.1) is 12.2 Å². The van der Waals surface area contributed by atoms with E-state index in [1.807, 2.05) is 0 Å². The Labute approximate surface area is 133 Å². The Kier molecular flexibility index (Phi) is 3.99. The minimum Gasteiger partial charge on any atom is -0.370 e. The number of fused-ring (bicyclic) bond motifs is 1. The molecule has 1 radical (unpaired) electrons. The van der Waals surface area contributed by atoms with E-state index in [0.29, 0.717) is 12.2 Å². The summed E-state index contributed by atoms with van der Waals surface area (Å²) in [4.78, 5) is 0. The molecule has 0 N–H and O–H groups in total. The van der Waals surface area contributed by atoms with Crippen LogP contribution in [0.3, 0.4) is 0 Å². The van der Waals surface area contributed by atoms with Gasteiger partial charge in [0, 0.05) is 5.92 Å². The van der Waals surface area contributed by atoms with Gasteiger partial charge in [-0.3, -0.25) is 0 Å². The number of hydrogen-bond donors (Lipinski definition) is 0. The second kappa shape index (κ2) is 6.26. The molecule has 3 atom stereocenters. The van der Waals surface area contributed by atoms with Crippen molar-refractivity contribution in [3.05, 3.63) is 77.7 Å². The number of ether oxygens (including phenoxy) is 1. The smallest absolute Gasteiger partial charge is 0.0844 e. The van der Waals surface area contributed by atoms with E-state index in [2.05, 4.69) is 60.7 Å². The van der Waals surface area contributed by atoms with Crippen LogP contribution in [0.4, 0.5) is 0 Å². The average Bonchev–Trinajstić information content (AvgIpc) is 3.36. The first kappa shape index (κ1) is 14.0. The molecule has 1 aliphatic carbocycles. The first-order valence-corrected chi connectivity index (χ1v) is 8.52. The lowest BCUT2D eigenvalue weighted by Gasteiger charge is -2.23. The van der Waals surface area contributed by atoms with Gasteiger partial charge in [0.15, 0.2) is 0 Å². The molecule has 2 aromatic carbocycles. The van der Waals surface area contributed by atoms with Crippen LogP contribution in [0.15, 0.2) is 60.7 Å². The maximum Gasteiger partial charge on any atom is 0.0844 e. The maximum atomic E-state index is 5.68. The van der Waals surface area contributed by atoms with Gasteiger partial charge in [-0.2, -0.15) is 0 Å². The predicted molar refractivity (Wildman–Crippen MR) is 89.6 cm³/mol. The van der Waals surface area contributed by atoms with E-state index in [4.69, 9.17) is 4.74 Å². The van der Waals surface area contributed by atoms with Gasteiger partial charge in [-0.25, -0.2) is 0 Å². The van der Waals surface area contributed by atoms with Gasteiger partial charge in [0.2, 0.25) is 0 Å². The fraction of sp³-hybridized carbons (Fsp3) is 0.381. The SMILES string of the molecule is c1ccc([C](CCC2CCC3OC3C2)c2ccccc2)cc1. The third-order valence-electron chi connectivity index (χ3n) is 5.16. The molecule has 2 aliphatic rings. The van der Waals surface area contributed by atoms with Crippen molar-refractivity contribution in [2.45, 2.75) is 44.3 Å². The summed E-state index contributed by atoms with van der Waals surface area (Å²) in [6.45, 7) is 0. The molecule has 1 nitrogen and oxygen atoms in total. The monoisotopic (exact) mass is 291 g/mol. The standard InChI is InChI=1S/C21H23O/c1-3-7-17(8-4-1)19(18-9-5-2-6-10-18)13-11-16-12-14-20-21(15-16)22-20/h1-10,16,20-21H,11-15H2. The van der Waals surface area contributed by atoms with Crippen molar-refractivity contribution < 1.29 is 4.74 Å². The molecule has 2 fully saturated rings. The molecule has 1 saturated carbocycles. The Morgan fingerprint density at radius 1 is 0.818 bits per heavy atom. The zero-order chi connectivity index (χ0) is 14.8. The molecule has 0 bridgehead atoms. The van der Waals surface area contributed by atoms with E-state index < -0.39 is 0 Å². The van der Waals surface area contributed by atoms with Crippen molar-refractivity contribution in [3.63, 3.8) is 0 Å². The van der Waals surface area contributed by atoms with Crippen LogP contribution in [0.2, 0.25) is 0 Å². The molecule has 0 amide bonds. The molecule has 113 valence electrons. The van der Waals surface area contributed by atoms with Crippen LogP contribution in [0.25, 0.3) is 0 Å². The van der Waals surface area contributed by atoms with Gasteiger partial charge < -0.3 is 4.74 Å². The molecule has 1 heteroatoms. The summed E-state index contributed by atoms with van der Waals surface area (Å²) in [5, 5.41) is 0. The highest BCUT2D eigenvalue weighted by Crippen LogP contribution is 2.42. The first-order valence-electron chi connectivity index (χ1n) is 8.52. The molecule has 1 aliphatic heterocycles. The summed E-state index contributed by atoms with van der Waals surface area (Å²) >= 11 is 0. The summed E-state index contributed by atoms with van der Waals surface area (Å²) in [6, 6.07) is 21.7. The molecular formula is C21H23O. The van der Waals surface area contributed by atoms with Crippen molar-refractivity contribution in [3.8, 4) is 0 Å². The molecule has 0 aromatic heterocycles. The van der Waals surface area contributed by atoms with Crippen LogP contribution in [0.1, 0.15) is 43.2 Å². The summed E-state index contributed by atoms with van der Waals surface area (Å²) in [7, 11) is 0. The highest BCUT2D eigenvalue weighted by atomic mass is 16.6. The van der Waals surface area contributed by atoms with Crippen molar-refractivity contribution in [2.24, 2.45) is 5.92 Å². The highest BCUT2D eigenvalue weighted by molar-refractivity contribution is 5.45. The molecule has 22 heavy (non-hydrogen) atoms. The van der Waals surface area contributed by atoms with Gasteiger partial charge in [0.1, 0.15) is 0 Å². The topological polar surface area (TPSA) is 12.5 Å². The number of hydrogen-bond acceptors (Lipinski definition) is 1. The predicted octanol–water partition coefficient (Wildman–Crippen LogP) is 5.01. The number of rotatable bonds is 5. The molecule has 2 aromatic rings. The van der Waals surface area contributed by atoms with E-state index in [0.717, 1.165) is 12.3 Å². The Morgan fingerprint density at radius 2 is 1.45 bits per heavy atom. The lowest BCUT2D eigenvalue weighted by atomic mass is 9.80. The molecule has 0 spiro atoms. The van der Waals surface area contributed by atoms with E-state index >= 15 is 0 Å². The van der Waals surface area contributed by atoms with Crippen molar-refractivity contribution in [2.75, 3.05) is 0 Å². The summed E-state index contributed by atoms with van der Waals surface area (Å²) < 4.78 is 5.68. The third-order valence-corrected chi connectivity index (χ3v) is 5.16. The lowest BCUT2D eigenvalue weighted by Crippen LogP contribution is -2.15. The van der Waals surface area contributed by atoms with Crippen molar-refractivity contribution in [1.29, 1.82) is 0 Å². The second-order valence-electron chi connectivity index (χ2n) is 6.64. The average molecular weight is 291 g/mol. The van der Waals surface area contributed by atoms with Crippen LogP contribution in [-0.4, -0.2) is 12.2 Å². The highest BCUT2D eigenvalue weighted by Gasteiger charge is 2.43. The third kappa shape index (κ3) is 3.10. The minimum atomic E-state index is 0.593. The Bertz CT molecular complexity index is 552. The fourth-order valence-corrected chi connectivity index (χ4v) is 3.83. The second-order valence-corrected chi connectivity index (χ2v) is 6.64. The minimum absolute atomic E-state index is 0.593. The zero-order valence-corrected chi connectivity index (χ0v) is 12.9. The van der Waals surface area contributed by atoms with E-state index in [9.17, 15) is 0 Å². The molecular weight excluding hydrogens is 268 g/mol. The summed E-state index contributed by atoms with van der Waals surface area (Å²) in [6.07, 6.45) is 7.56. The molecule has 1 heterocycles. The van der Waals surface area contributed by atoms with E-state index in [1.165, 1.54) is 42.7 Å². The number of benzene rings is 2. The van der Waals surface area contributed by atoms with Crippen LogP contribution in [0.5, 0.6) is 0 Å². The normalized spacial score (nSPS) is 26.7. The van der Waals surface area contributed by atoms with Gasteiger partial charge in [-0.1, -0.05) is 60.7 Å². The zero-order valence-electron chi connectivity index (χ0n) is 12.9. The van der Waals surface area contributed by atoms with Crippen LogP contribution < -0.4 is 0 Å². The van der Waals surface area contributed by atoms with Gasteiger partial charge in [-0.05, 0) is 49.1 Å². The molecule has 3 unspecified atom stereocenters.